The molecular weight excluding hydrogens is 314 g/mol. The SMILES string of the molecule is CCN(C(=O)c1ccccc1C(=O)OCC(C)C)c1cccc(C)c1. The van der Waals surface area contributed by atoms with E-state index in [2.05, 4.69) is 0 Å². The van der Waals surface area contributed by atoms with Crippen LogP contribution in [0.5, 0.6) is 0 Å². The molecule has 0 spiro atoms. The minimum Gasteiger partial charge on any atom is -0.462 e. The number of carbonyl (C=O) groups excluding carboxylic acids is 2. The van der Waals surface area contributed by atoms with Crippen molar-refractivity contribution in [1.82, 2.24) is 0 Å². The first-order chi connectivity index (χ1) is 11.9. The average Bonchev–Trinajstić information content (AvgIpc) is 2.60. The van der Waals surface area contributed by atoms with Crippen LogP contribution in [-0.4, -0.2) is 25.0 Å². The van der Waals surface area contributed by atoms with Gasteiger partial charge < -0.3 is 9.64 Å². The van der Waals surface area contributed by atoms with Gasteiger partial charge in [-0.1, -0.05) is 38.1 Å². The molecule has 4 heteroatoms. The monoisotopic (exact) mass is 339 g/mol. The topological polar surface area (TPSA) is 46.6 Å². The molecule has 0 heterocycles. The van der Waals surface area contributed by atoms with Gasteiger partial charge in [0.25, 0.3) is 5.91 Å². The van der Waals surface area contributed by atoms with E-state index in [1.807, 2.05) is 52.0 Å². The summed E-state index contributed by atoms with van der Waals surface area (Å²) in [5.74, 6) is -0.422. The van der Waals surface area contributed by atoms with E-state index in [1.165, 1.54) is 0 Å². The molecule has 0 saturated carbocycles. The fourth-order valence-electron chi connectivity index (χ4n) is 2.55. The number of anilines is 1. The van der Waals surface area contributed by atoms with Gasteiger partial charge in [0.15, 0.2) is 0 Å². The van der Waals surface area contributed by atoms with Gasteiger partial charge in [0, 0.05) is 12.2 Å². The first kappa shape index (κ1) is 18.7. The number of carbonyl (C=O) groups is 2. The fraction of sp³-hybridized carbons (Fsp3) is 0.333. The van der Waals surface area contributed by atoms with Crippen molar-refractivity contribution in [2.75, 3.05) is 18.1 Å². The number of nitrogens with zero attached hydrogens (tertiary/aromatic N) is 1. The lowest BCUT2D eigenvalue weighted by Gasteiger charge is -2.22. The van der Waals surface area contributed by atoms with E-state index >= 15 is 0 Å². The maximum atomic E-state index is 13.1. The summed E-state index contributed by atoms with van der Waals surface area (Å²) in [5.41, 5.74) is 2.56. The normalized spacial score (nSPS) is 10.6. The summed E-state index contributed by atoms with van der Waals surface area (Å²) in [4.78, 5) is 27.1. The molecule has 2 rings (SSSR count). The van der Waals surface area contributed by atoms with Gasteiger partial charge in [0.1, 0.15) is 0 Å². The molecule has 2 aromatic carbocycles. The molecule has 0 radical (unpaired) electrons. The van der Waals surface area contributed by atoms with Gasteiger partial charge in [0.2, 0.25) is 0 Å². The summed E-state index contributed by atoms with van der Waals surface area (Å²) in [6.07, 6.45) is 0. The second-order valence-electron chi connectivity index (χ2n) is 6.43. The van der Waals surface area contributed by atoms with Gasteiger partial charge in [0.05, 0.1) is 17.7 Å². The molecule has 0 aromatic heterocycles. The highest BCUT2D eigenvalue weighted by atomic mass is 16.5. The van der Waals surface area contributed by atoms with Crippen LogP contribution < -0.4 is 4.90 Å². The average molecular weight is 339 g/mol. The molecule has 2 aromatic rings. The number of aryl methyl sites for hydroxylation is 1. The summed E-state index contributed by atoms with van der Waals surface area (Å²) in [5, 5.41) is 0. The van der Waals surface area contributed by atoms with Crippen molar-refractivity contribution in [1.29, 1.82) is 0 Å². The highest BCUT2D eigenvalue weighted by Crippen LogP contribution is 2.21. The summed E-state index contributed by atoms with van der Waals surface area (Å²) in [6.45, 7) is 8.69. The number of benzene rings is 2. The van der Waals surface area contributed by atoms with Gasteiger partial charge in [-0.15, -0.1) is 0 Å². The van der Waals surface area contributed by atoms with Crippen LogP contribution >= 0.6 is 0 Å². The Morgan fingerprint density at radius 3 is 2.32 bits per heavy atom. The lowest BCUT2D eigenvalue weighted by atomic mass is 10.1. The largest absolute Gasteiger partial charge is 0.462 e. The second-order valence-corrected chi connectivity index (χ2v) is 6.43. The molecule has 0 aliphatic heterocycles. The Bertz CT molecular complexity index is 752. The van der Waals surface area contributed by atoms with E-state index in [-0.39, 0.29) is 11.8 Å². The Balaban J connectivity index is 2.33. The molecule has 25 heavy (non-hydrogen) atoms. The predicted octanol–water partition coefficient (Wildman–Crippen LogP) is 4.47. The molecule has 0 bridgehead atoms. The first-order valence-electron chi connectivity index (χ1n) is 8.58. The van der Waals surface area contributed by atoms with Gasteiger partial charge in [-0.05, 0) is 49.6 Å². The van der Waals surface area contributed by atoms with Crippen LogP contribution in [0.4, 0.5) is 5.69 Å². The van der Waals surface area contributed by atoms with Crippen molar-refractivity contribution in [2.45, 2.75) is 27.7 Å². The molecule has 1 amide bonds. The highest BCUT2D eigenvalue weighted by Gasteiger charge is 2.23. The lowest BCUT2D eigenvalue weighted by molar-refractivity contribution is 0.0456. The summed E-state index contributed by atoms with van der Waals surface area (Å²) >= 11 is 0. The Morgan fingerprint density at radius 1 is 1.04 bits per heavy atom. The molecule has 0 aliphatic rings. The zero-order valence-electron chi connectivity index (χ0n) is 15.3. The predicted molar refractivity (Wildman–Crippen MR) is 100 cm³/mol. The number of hydrogen-bond donors (Lipinski definition) is 0. The molecule has 0 N–H and O–H groups in total. The third-order valence-electron chi connectivity index (χ3n) is 3.80. The molecule has 0 fully saturated rings. The molecular formula is C21H25NO3. The summed E-state index contributed by atoms with van der Waals surface area (Å²) < 4.78 is 5.31. The summed E-state index contributed by atoms with van der Waals surface area (Å²) in [6, 6.07) is 14.6. The minimum absolute atomic E-state index is 0.204. The smallest absolute Gasteiger partial charge is 0.338 e. The van der Waals surface area contributed by atoms with Crippen molar-refractivity contribution < 1.29 is 14.3 Å². The Morgan fingerprint density at radius 2 is 1.72 bits per heavy atom. The highest BCUT2D eigenvalue weighted by molar-refractivity contribution is 6.12. The van der Waals surface area contributed by atoms with Crippen LogP contribution in [0.2, 0.25) is 0 Å². The third kappa shape index (κ3) is 4.69. The van der Waals surface area contributed by atoms with Crippen LogP contribution in [0.1, 0.15) is 47.1 Å². The quantitative estimate of drug-likeness (QED) is 0.729. The molecule has 0 saturated heterocycles. The Kier molecular flexibility index (Phi) is 6.34. The van der Waals surface area contributed by atoms with Gasteiger partial charge in [-0.25, -0.2) is 4.79 Å². The van der Waals surface area contributed by atoms with Crippen molar-refractivity contribution in [3.8, 4) is 0 Å². The Hall–Kier alpha value is -2.62. The van der Waals surface area contributed by atoms with E-state index in [0.717, 1.165) is 11.3 Å². The van der Waals surface area contributed by atoms with Gasteiger partial charge >= 0.3 is 5.97 Å². The lowest BCUT2D eigenvalue weighted by Crippen LogP contribution is -2.32. The zero-order valence-corrected chi connectivity index (χ0v) is 15.3. The number of esters is 1. The van der Waals surface area contributed by atoms with Crippen molar-refractivity contribution >= 4 is 17.6 Å². The Labute approximate surface area is 149 Å². The molecule has 0 unspecified atom stereocenters. The van der Waals surface area contributed by atoms with Crippen LogP contribution in [0.15, 0.2) is 48.5 Å². The molecule has 0 atom stereocenters. The summed E-state index contributed by atoms with van der Waals surface area (Å²) in [7, 11) is 0. The number of amides is 1. The van der Waals surface area contributed by atoms with Crippen molar-refractivity contribution in [3.05, 3.63) is 65.2 Å². The molecule has 132 valence electrons. The van der Waals surface area contributed by atoms with Crippen molar-refractivity contribution in [3.63, 3.8) is 0 Å². The van der Waals surface area contributed by atoms with E-state index in [1.54, 1.807) is 29.2 Å². The number of ether oxygens (including phenoxy) is 1. The van der Waals surface area contributed by atoms with Crippen molar-refractivity contribution in [2.24, 2.45) is 5.92 Å². The maximum absolute atomic E-state index is 13.1. The van der Waals surface area contributed by atoms with E-state index in [9.17, 15) is 9.59 Å². The zero-order chi connectivity index (χ0) is 18.4. The molecule has 4 nitrogen and oxygen atoms in total. The van der Waals surface area contributed by atoms with Gasteiger partial charge in [-0.3, -0.25) is 4.79 Å². The minimum atomic E-state index is -0.460. The van der Waals surface area contributed by atoms with Gasteiger partial charge in [-0.2, -0.15) is 0 Å². The first-order valence-corrected chi connectivity index (χ1v) is 8.58. The maximum Gasteiger partial charge on any atom is 0.338 e. The van der Waals surface area contributed by atoms with E-state index in [4.69, 9.17) is 4.74 Å². The third-order valence-corrected chi connectivity index (χ3v) is 3.80. The van der Waals surface area contributed by atoms with Crippen LogP contribution in [0.3, 0.4) is 0 Å². The van der Waals surface area contributed by atoms with E-state index < -0.39 is 5.97 Å². The van der Waals surface area contributed by atoms with Crippen LogP contribution in [0, 0.1) is 12.8 Å². The standard InChI is InChI=1S/C21H25NO3/c1-5-22(17-10-8-9-16(4)13-17)20(23)18-11-6-7-12-19(18)21(24)25-14-15(2)3/h6-13,15H,5,14H2,1-4H3. The van der Waals surface area contributed by atoms with Crippen LogP contribution in [-0.2, 0) is 4.74 Å². The fourth-order valence-corrected chi connectivity index (χ4v) is 2.55. The number of rotatable bonds is 6. The van der Waals surface area contributed by atoms with E-state index in [0.29, 0.717) is 24.3 Å². The second kappa shape index (κ2) is 8.47. The van der Waals surface area contributed by atoms with Crippen LogP contribution in [0.25, 0.3) is 0 Å². The number of hydrogen-bond acceptors (Lipinski definition) is 3. The molecule has 0 aliphatic carbocycles.